The summed E-state index contributed by atoms with van der Waals surface area (Å²) in [6, 6.07) is 3.76. The number of nitrogens with zero attached hydrogens (tertiary/aromatic N) is 2. The maximum absolute atomic E-state index is 11.9. The molecule has 0 aliphatic rings. The predicted octanol–water partition coefficient (Wildman–Crippen LogP) is 0.810. The first kappa shape index (κ1) is 14.0. The average Bonchev–Trinajstić information content (AvgIpc) is 2.44. The maximum Gasteiger partial charge on any atom is 0.331 e. The van der Waals surface area contributed by atoms with Gasteiger partial charge in [-0.1, -0.05) is 19.9 Å². The standard InChI is InChI=1S/C14H17N3O3/c1-3-9-6-5-7-15-11(9)8-17-13(19)10(4-2)12(18)16-14(17)20/h5-7,19H,3-4,8H2,1-2H3,(H,16,18,20). The van der Waals surface area contributed by atoms with Crippen LogP contribution >= 0.6 is 0 Å². The van der Waals surface area contributed by atoms with Gasteiger partial charge in [-0.25, -0.2) is 4.79 Å². The fourth-order valence-electron chi connectivity index (χ4n) is 2.15. The van der Waals surface area contributed by atoms with Gasteiger partial charge in [0, 0.05) is 6.20 Å². The van der Waals surface area contributed by atoms with Crippen LogP contribution in [0.3, 0.4) is 0 Å². The van der Waals surface area contributed by atoms with Crippen molar-refractivity contribution in [2.75, 3.05) is 0 Å². The molecule has 0 saturated heterocycles. The zero-order valence-electron chi connectivity index (χ0n) is 11.5. The zero-order valence-corrected chi connectivity index (χ0v) is 11.5. The van der Waals surface area contributed by atoms with E-state index in [1.807, 2.05) is 19.1 Å². The van der Waals surface area contributed by atoms with Crippen molar-refractivity contribution in [1.29, 1.82) is 0 Å². The smallest absolute Gasteiger partial charge is 0.331 e. The van der Waals surface area contributed by atoms with Crippen LogP contribution in [0, 0.1) is 0 Å². The van der Waals surface area contributed by atoms with Gasteiger partial charge in [0.1, 0.15) is 0 Å². The molecule has 0 spiro atoms. The van der Waals surface area contributed by atoms with Crippen LogP contribution < -0.4 is 11.2 Å². The second kappa shape index (κ2) is 5.73. The van der Waals surface area contributed by atoms with Crippen LogP contribution in [0.5, 0.6) is 5.88 Å². The van der Waals surface area contributed by atoms with Gasteiger partial charge >= 0.3 is 5.69 Å². The monoisotopic (exact) mass is 275 g/mol. The van der Waals surface area contributed by atoms with E-state index < -0.39 is 11.2 Å². The number of nitrogens with one attached hydrogen (secondary N) is 1. The second-order valence-corrected chi connectivity index (χ2v) is 4.46. The highest BCUT2D eigenvalue weighted by Crippen LogP contribution is 2.14. The van der Waals surface area contributed by atoms with Gasteiger partial charge in [-0.3, -0.25) is 19.3 Å². The number of aromatic hydroxyl groups is 1. The molecule has 2 aromatic rings. The van der Waals surface area contributed by atoms with E-state index in [0.29, 0.717) is 12.1 Å². The van der Waals surface area contributed by atoms with Gasteiger partial charge in [-0.2, -0.15) is 0 Å². The minimum absolute atomic E-state index is 0.137. The molecule has 0 amide bonds. The topological polar surface area (TPSA) is 88.0 Å². The molecule has 6 nitrogen and oxygen atoms in total. The minimum atomic E-state index is -0.627. The summed E-state index contributed by atoms with van der Waals surface area (Å²) in [6.45, 7) is 3.88. The first-order valence-corrected chi connectivity index (χ1v) is 6.56. The Kier molecular flexibility index (Phi) is 4.02. The third-order valence-electron chi connectivity index (χ3n) is 3.29. The summed E-state index contributed by atoms with van der Waals surface area (Å²) in [6.07, 6.45) is 2.77. The van der Waals surface area contributed by atoms with Crippen molar-refractivity contribution in [1.82, 2.24) is 14.5 Å². The maximum atomic E-state index is 11.9. The third-order valence-corrected chi connectivity index (χ3v) is 3.29. The molecule has 2 heterocycles. The number of hydrogen-bond donors (Lipinski definition) is 2. The number of aryl methyl sites for hydroxylation is 1. The van der Waals surface area contributed by atoms with E-state index in [1.165, 1.54) is 0 Å². The lowest BCUT2D eigenvalue weighted by molar-refractivity contribution is 0.400. The van der Waals surface area contributed by atoms with Crippen LogP contribution in [-0.4, -0.2) is 19.6 Å². The predicted molar refractivity (Wildman–Crippen MR) is 75.1 cm³/mol. The SMILES string of the molecule is CCc1cccnc1Cn1c(O)c(CC)c(=O)[nH]c1=O. The van der Waals surface area contributed by atoms with E-state index in [9.17, 15) is 14.7 Å². The van der Waals surface area contributed by atoms with Crippen molar-refractivity contribution >= 4 is 0 Å². The molecule has 0 aliphatic carbocycles. The molecule has 0 aliphatic heterocycles. The lowest BCUT2D eigenvalue weighted by atomic mass is 10.1. The number of aromatic amines is 1. The highest BCUT2D eigenvalue weighted by atomic mass is 16.3. The van der Waals surface area contributed by atoms with Crippen molar-refractivity contribution in [3.05, 3.63) is 56.0 Å². The second-order valence-electron chi connectivity index (χ2n) is 4.46. The molecule has 0 radical (unpaired) electrons. The summed E-state index contributed by atoms with van der Waals surface area (Å²) >= 11 is 0. The summed E-state index contributed by atoms with van der Waals surface area (Å²) in [5, 5.41) is 10.1. The number of aromatic nitrogens is 3. The Morgan fingerprint density at radius 2 is 2.05 bits per heavy atom. The molecule has 2 rings (SSSR count). The molecule has 0 atom stereocenters. The molecule has 0 unspecified atom stereocenters. The van der Waals surface area contributed by atoms with Crippen molar-refractivity contribution < 1.29 is 5.11 Å². The molecule has 0 fully saturated rings. The molecule has 6 heteroatoms. The van der Waals surface area contributed by atoms with E-state index in [-0.39, 0.29) is 18.0 Å². The van der Waals surface area contributed by atoms with E-state index in [2.05, 4.69) is 9.97 Å². The van der Waals surface area contributed by atoms with Gasteiger partial charge in [0.15, 0.2) is 0 Å². The number of hydrogen-bond acceptors (Lipinski definition) is 4. The molecule has 106 valence electrons. The fourth-order valence-corrected chi connectivity index (χ4v) is 2.15. The summed E-state index contributed by atoms with van der Waals surface area (Å²) in [5.74, 6) is -0.283. The molecule has 0 bridgehead atoms. The Bertz CT molecular complexity index is 731. The fraction of sp³-hybridized carbons (Fsp3) is 0.357. The van der Waals surface area contributed by atoms with Crippen molar-refractivity contribution in [3.8, 4) is 5.88 Å². The van der Waals surface area contributed by atoms with Gasteiger partial charge in [-0.15, -0.1) is 0 Å². The van der Waals surface area contributed by atoms with Crippen LogP contribution in [0.1, 0.15) is 30.7 Å². The summed E-state index contributed by atoms with van der Waals surface area (Å²) in [7, 11) is 0. The van der Waals surface area contributed by atoms with Crippen LogP contribution in [0.15, 0.2) is 27.9 Å². The van der Waals surface area contributed by atoms with Crippen LogP contribution in [0.4, 0.5) is 0 Å². The highest BCUT2D eigenvalue weighted by molar-refractivity contribution is 5.25. The van der Waals surface area contributed by atoms with E-state index in [1.54, 1.807) is 13.1 Å². The van der Waals surface area contributed by atoms with Crippen LogP contribution in [0.25, 0.3) is 0 Å². The molecule has 2 N–H and O–H groups in total. The van der Waals surface area contributed by atoms with E-state index in [0.717, 1.165) is 16.6 Å². The third kappa shape index (κ3) is 2.49. The van der Waals surface area contributed by atoms with Gasteiger partial charge < -0.3 is 5.11 Å². The number of pyridine rings is 1. The molecule has 20 heavy (non-hydrogen) atoms. The Labute approximate surface area is 115 Å². The number of H-pyrrole nitrogens is 1. The van der Waals surface area contributed by atoms with Crippen molar-refractivity contribution in [3.63, 3.8) is 0 Å². The van der Waals surface area contributed by atoms with Gasteiger partial charge in [0.25, 0.3) is 5.56 Å². The first-order chi connectivity index (χ1) is 9.58. The van der Waals surface area contributed by atoms with Crippen molar-refractivity contribution in [2.24, 2.45) is 0 Å². The Morgan fingerprint density at radius 1 is 1.30 bits per heavy atom. The van der Waals surface area contributed by atoms with Gasteiger partial charge in [0.05, 0.1) is 17.8 Å². The summed E-state index contributed by atoms with van der Waals surface area (Å²) < 4.78 is 1.14. The zero-order chi connectivity index (χ0) is 14.7. The summed E-state index contributed by atoms with van der Waals surface area (Å²) in [4.78, 5) is 29.9. The van der Waals surface area contributed by atoms with Crippen molar-refractivity contribution in [2.45, 2.75) is 33.2 Å². The Hall–Kier alpha value is -2.37. The van der Waals surface area contributed by atoms with E-state index >= 15 is 0 Å². The molecule has 2 aromatic heterocycles. The number of rotatable bonds is 4. The molecular formula is C14H17N3O3. The Morgan fingerprint density at radius 3 is 2.70 bits per heavy atom. The first-order valence-electron chi connectivity index (χ1n) is 6.56. The largest absolute Gasteiger partial charge is 0.494 e. The normalized spacial score (nSPS) is 10.7. The molecular weight excluding hydrogens is 258 g/mol. The summed E-state index contributed by atoms with van der Waals surface area (Å²) in [5.41, 5.74) is 0.753. The van der Waals surface area contributed by atoms with E-state index in [4.69, 9.17) is 0 Å². The van der Waals surface area contributed by atoms with Gasteiger partial charge in [-0.05, 0) is 24.5 Å². The lowest BCUT2D eigenvalue weighted by Gasteiger charge is -2.12. The quantitative estimate of drug-likeness (QED) is 0.864. The molecule has 0 aromatic carbocycles. The van der Waals surface area contributed by atoms with Gasteiger partial charge in [0.2, 0.25) is 5.88 Å². The highest BCUT2D eigenvalue weighted by Gasteiger charge is 2.14. The lowest BCUT2D eigenvalue weighted by Crippen LogP contribution is -2.32. The minimum Gasteiger partial charge on any atom is -0.494 e. The molecule has 0 saturated carbocycles. The van der Waals surface area contributed by atoms with Crippen LogP contribution in [0.2, 0.25) is 0 Å². The van der Waals surface area contributed by atoms with Crippen LogP contribution in [-0.2, 0) is 19.4 Å². The average molecular weight is 275 g/mol. The Balaban J connectivity index is 2.54.